The summed E-state index contributed by atoms with van der Waals surface area (Å²) in [5.41, 5.74) is 6.07. The number of ketones is 1. The van der Waals surface area contributed by atoms with Gasteiger partial charge in [-0.3, -0.25) is 14.9 Å². The number of H-pyrrole nitrogens is 1. The molecule has 9 heteroatoms. The number of allylic oxidation sites excluding steroid dienone is 2. The maximum absolute atomic E-state index is 13.9. The van der Waals surface area contributed by atoms with Crippen molar-refractivity contribution in [2.75, 3.05) is 5.75 Å². The summed E-state index contributed by atoms with van der Waals surface area (Å²) in [4.78, 5) is 16.3. The van der Waals surface area contributed by atoms with E-state index < -0.39 is 27.2 Å². The van der Waals surface area contributed by atoms with E-state index in [1.807, 2.05) is 49.4 Å². The predicted molar refractivity (Wildman–Crippen MR) is 160 cm³/mol. The lowest BCUT2D eigenvalue weighted by atomic mass is 9.87. The van der Waals surface area contributed by atoms with E-state index in [0.29, 0.717) is 11.4 Å². The number of aromatic amines is 1. The van der Waals surface area contributed by atoms with Gasteiger partial charge >= 0.3 is 0 Å². The van der Waals surface area contributed by atoms with Crippen molar-refractivity contribution < 1.29 is 17.6 Å². The minimum Gasteiger partial charge on any atom is -0.294 e. The molecule has 0 amide bonds. The topological polar surface area (TPSA) is 92.8 Å². The van der Waals surface area contributed by atoms with E-state index >= 15 is 0 Å². The van der Waals surface area contributed by atoms with Crippen LogP contribution in [0.4, 0.5) is 4.39 Å². The van der Waals surface area contributed by atoms with E-state index in [1.54, 1.807) is 18.3 Å². The van der Waals surface area contributed by atoms with Crippen LogP contribution in [0.15, 0.2) is 102 Å². The molecular formula is C32H25ClFN3O3S. The molecule has 0 aliphatic heterocycles. The van der Waals surface area contributed by atoms with Crippen LogP contribution < -0.4 is 0 Å². The molecule has 3 aromatic carbocycles. The van der Waals surface area contributed by atoms with Gasteiger partial charge in [0, 0.05) is 17.8 Å². The third kappa shape index (κ3) is 6.34. The fourth-order valence-corrected chi connectivity index (χ4v) is 6.08. The molecular weight excluding hydrogens is 561 g/mol. The van der Waals surface area contributed by atoms with Crippen LogP contribution in [0, 0.1) is 5.82 Å². The van der Waals surface area contributed by atoms with Gasteiger partial charge in [-0.2, -0.15) is 5.10 Å². The highest BCUT2D eigenvalue weighted by Gasteiger charge is 2.19. The maximum atomic E-state index is 13.9. The molecule has 0 bridgehead atoms. The number of sulfone groups is 1. The summed E-state index contributed by atoms with van der Waals surface area (Å²) in [5, 5.41) is 8.36. The molecule has 0 fully saturated rings. The van der Waals surface area contributed by atoms with E-state index in [4.69, 9.17) is 11.6 Å². The highest BCUT2D eigenvalue weighted by atomic mass is 35.5. The van der Waals surface area contributed by atoms with E-state index in [1.165, 1.54) is 42.7 Å². The lowest BCUT2D eigenvalue weighted by molar-refractivity contribution is -0.112. The van der Waals surface area contributed by atoms with E-state index in [2.05, 4.69) is 15.2 Å². The van der Waals surface area contributed by atoms with Crippen molar-refractivity contribution in [3.8, 4) is 0 Å². The molecule has 0 unspecified atom stereocenters. The van der Waals surface area contributed by atoms with E-state index in [0.717, 1.165) is 44.3 Å². The van der Waals surface area contributed by atoms with Crippen LogP contribution in [0.1, 0.15) is 35.6 Å². The number of pyridine rings is 1. The Kier molecular flexibility index (Phi) is 8.23. The van der Waals surface area contributed by atoms with E-state index in [-0.39, 0.29) is 4.90 Å². The van der Waals surface area contributed by atoms with Crippen LogP contribution in [-0.4, -0.2) is 35.1 Å². The number of nitrogens with zero attached hydrogens (tertiary/aromatic N) is 2. The molecule has 5 rings (SSSR count). The quantitative estimate of drug-likeness (QED) is 0.146. The first kappa shape index (κ1) is 28.1. The predicted octanol–water partition coefficient (Wildman–Crippen LogP) is 7.18. The zero-order chi connectivity index (χ0) is 29.0. The lowest BCUT2D eigenvalue weighted by Crippen LogP contribution is -2.14. The largest absolute Gasteiger partial charge is 0.294 e. The Bertz CT molecular complexity index is 1900. The molecule has 0 atom stereocenters. The van der Waals surface area contributed by atoms with Crippen molar-refractivity contribution in [3.05, 3.63) is 131 Å². The highest BCUT2D eigenvalue weighted by molar-refractivity contribution is 7.92. The zero-order valence-corrected chi connectivity index (χ0v) is 23.6. The summed E-state index contributed by atoms with van der Waals surface area (Å²) < 4.78 is 38.9. The zero-order valence-electron chi connectivity index (χ0n) is 22.0. The molecule has 41 heavy (non-hydrogen) atoms. The standard InChI is InChI=1S/C32H25ClFN3O3S/c1-2-28(29-13-11-25(34)17-30(29)33)32(23-10-14-31-24(16-23)18-36-37-31)22-8-5-21(6-9-22)7-12-26(38)20-41(39,40)27-4-3-15-35-19-27/h3-19H,2,20H2,1H3,(H,36,37)/b12-7+,32-28+. The number of carbonyl (C=O) groups is 1. The van der Waals surface area contributed by atoms with Gasteiger partial charge in [-0.25, -0.2) is 12.8 Å². The Morgan fingerprint density at radius 1 is 1.00 bits per heavy atom. The van der Waals surface area contributed by atoms with E-state index in [9.17, 15) is 17.6 Å². The summed E-state index contributed by atoms with van der Waals surface area (Å²) in [6.45, 7) is 2.02. The Morgan fingerprint density at radius 2 is 1.78 bits per heavy atom. The molecule has 0 aliphatic carbocycles. The number of hydrogen-bond acceptors (Lipinski definition) is 5. The Balaban J connectivity index is 1.49. The molecule has 2 aromatic heterocycles. The third-order valence-corrected chi connectivity index (χ3v) is 8.56. The maximum Gasteiger partial charge on any atom is 0.187 e. The number of benzene rings is 3. The second-order valence-corrected chi connectivity index (χ2v) is 11.8. The highest BCUT2D eigenvalue weighted by Crippen LogP contribution is 2.38. The number of hydrogen-bond donors (Lipinski definition) is 1. The first-order valence-electron chi connectivity index (χ1n) is 12.8. The molecule has 5 aromatic rings. The van der Waals surface area contributed by atoms with Crippen molar-refractivity contribution in [3.63, 3.8) is 0 Å². The van der Waals surface area contributed by atoms with Gasteiger partial charge in [-0.1, -0.05) is 61.0 Å². The van der Waals surface area contributed by atoms with Gasteiger partial charge in [-0.15, -0.1) is 0 Å². The van der Waals surface area contributed by atoms with Gasteiger partial charge < -0.3 is 0 Å². The fourth-order valence-electron chi connectivity index (χ4n) is 4.65. The molecule has 1 N–H and O–H groups in total. The van der Waals surface area contributed by atoms with Gasteiger partial charge in [0.05, 0.1) is 21.6 Å². The molecule has 0 radical (unpaired) electrons. The normalized spacial score (nSPS) is 12.6. The first-order chi connectivity index (χ1) is 19.7. The van der Waals surface area contributed by atoms with Gasteiger partial charge in [-0.05, 0) is 82.3 Å². The average molecular weight is 586 g/mol. The SMILES string of the molecule is CC/C(=C(/c1ccc(/C=C/C(=O)CS(=O)(=O)c2cccnc2)cc1)c1ccc2[nH]ncc2c1)c1ccc(F)cc1Cl. The number of rotatable bonds is 9. The van der Waals surface area contributed by atoms with Gasteiger partial charge in [0.25, 0.3) is 0 Å². The van der Waals surface area contributed by atoms with Crippen LogP contribution in [0.3, 0.4) is 0 Å². The van der Waals surface area contributed by atoms with Crippen LogP contribution in [-0.2, 0) is 14.6 Å². The molecule has 0 saturated carbocycles. The van der Waals surface area contributed by atoms with Gasteiger partial charge in [0.1, 0.15) is 11.6 Å². The smallest absolute Gasteiger partial charge is 0.187 e. The lowest BCUT2D eigenvalue weighted by Gasteiger charge is -2.18. The van der Waals surface area contributed by atoms with Crippen molar-refractivity contribution in [2.45, 2.75) is 18.2 Å². The van der Waals surface area contributed by atoms with Crippen LogP contribution in [0.5, 0.6) is 0 Å². The molecule has 0 spiro atoms. The van der Waals surface area contributed by atoms with Crippen molar-refractivity contribution >= 4 is 55.3 Å². The van der Waals surface area contributed by atoms with Gasteiger partial charge in [0.15, 0.2) is 15.6 Å². The number of fused-ring (bicyclic) bond motifs is 1. The van der Waals surface area contributed by atoms with Crippen LogP contribution in [0.25, 0.3) is 28.1 Å². The summed E-state index contributed by atoms with van der Waals surface area (Å²) in [6.07, 6.45) is 7.94. The van der Waals surface area contributed by atoms with Crippen LogP contribution >= 0.6 is 11.6 Å². The summed E-state index contributed by atoms with van der Waals surface area (Å²) in [7, 11) is -3.78. The second kappa shape index (κ2) is 12.0. The average Bonchev–Trinajstić information content (AvgIpc) is 3.44. The first-order valence-corrected chi connectivity index (χ1v) is 14.8. The Labute approximate surface area is 242 Å². The summed E-state index contributed by atoms with van der Waals surface area (Å²) >= 11 is 6.50. The molecule has 0 saturated heterocycles. The van der Waals surface area contributed by atoms with Crippen molar-refractivity contribution in [2.24, 2.45) is 0 Å². The summed E-state index contributed by atoms with van der Waals surface area (Å²) in [5.74, 6) is -1.59. The number of aromatic nitrogens is 3. The fraction of sp³-hybridized carbons (Fsp3) is 0.0938. The Hall–Kier alpha value is -4.40. The number of halogens is 2. The molecule has 6 nitrogen and oxygen atoms in total. The monoisotopic (exact) mass is 585 g/mol. The van der Waals surface area contributed by atoms with Crippen molar-refractivity contribution in [1.82, 2.24) is 15.2 Å². The number of nitrogens with one attached hydrogen (secondary N) is 1. The molecule has 0 aliphatic rings. The molecule has 2 heterocycles. The number of carbonyl (C=O) groups excluding carboxylic acids is 1. The minimum absolute atomic E-state index is 0.00649. The second-order valence-electron chi connectivity index (χ2n) is 9.37. The Morgan fingerprint density at radius 3 is 2.49 bits per heavy atom. The summed E-state index contributed by atoms with van der Waals surface area (Å²) in [6, 6.07) is 20.9. The minimum atomic E-state index is -3.78. The van der Waals surface area contributed by atoms with Crippen molar-refractivity contribution in [1.29, 1.82) is 0 Å². The van der Waals surface area contributed by atoms with Gasteiger partial charge in [0.2, 0.25) is 0 Å². The third-order valence-electron chi connectivity index (χ3n) is 6.63. The van der Waals surface area contributed by atoms with Crippen LogP contribution in [0.2, 0.25) is 5.02 Å². The molecule has 206 valence electrons.